The van der Waals surface area contributed by atoms with E-state index in [1.807, 2.05) is 0 Å². The highest BCUT2D eigenvalue weighted by atomic mass is 32.2. The Kier molecular flexibility index (Phi) is 6.04. The SMILES string of the molecule is CCOC(=O)c1cc(S(=O)(=O)N2CCC[C@H]2C(=O)Nc2ccccc2F)cn1C. The van der Waals surface area contributed by atoms with E-state index in [1.165, 1.54) is 42.1 Å². The van der Waals surface area contributed by atoms with Crippen molar-refractivity contribution in [1.29, 1.82) is 0 Å². The van der Waals surface area contributed by atoms with E-state index in [2.05, 4.69) is 5.32 Å². The molecule has 10 heteroatoms. The molecule has 1 aromatic carbocycles. The molecule has 1 aliphatic rings. The van der Waals surface area contributed by atoms with Gasteiger partial charge < -0.3 is 14.6 Å². The van der Waals surface area contributed by atoms with Gasteiger partial charge in [0, 0.05) is 19.8 Å². The lowest BCUT2D eigenvalue weighted by Crippen LogP contribution is -2.43. The Balaban J connectivity index is 1.84. The number of benzene rings is 1. The number of sulfonamides is 1. The highest BCUT2D eigenvalue weighted by Gasteiger charge is 2.40. The number of rotatable bonds is 6. The number of hydrogen-bond donors (Lipinski definition) is 1. The number of aromatic nitrogens is 1. The van der Waals surface area contributed by atoms with Gasteiger partial charge in [-0.05, 0) is 38.0 Å². The fraction of sp³-hybridized carbons (Fsp3) is 0.368. The zero-order chi connectivity index (χ0) is 21.2. The molecule has 0 unspecified atom stereocenters. The van der Waals surface area contributed by atoms with Crippen molar-refractivity contribution < 1.29 is 27.1 Å². The van der Waals surface area contributed by atoms with Crippen LogP contribution >= 0.6 is 0 Å². The first kappa shape index (κ1) is 21.0. The van der Waals surface area contributed by atoms with E-state index in [1.54, 1.807) is 13.0 Å². The number of ether oxygens (including phenoxy) is 1. The minimum atomic E-state index is -4.04. The van der Waals surface area contributed by atoms with Gasteiger partial charge in [-0.1, -0.05) is 12.1 Å². The lowest BCUT2D eigenvalue weighted by Gasteiger charge is -2.23. The van der Waals surface area contributed by atoms with Crippen molar-refractivity contribution in [2.45, 2.75) is 30.7 Å². The van der Waals surface area contributed by atoms with Crippen molar-refractivity contribution >= 4 is 27.6 Å². The summed E-state index contributed by atoms with van der Waals surface area (Å²) in [6.45, 7) is 1.97. The normalized spacial score (nSPS) is 17.3. The molecule has 1 amide bonds. The number of halogens is 1. The first-order valence-electron chi connectivity index (χ1n) is 9.16. The van der Waals surface area contributed by atoms with E-state index in [0.717, 1.165) is 4.31 Å². The summed E-state index contributed by atoms with van der Waals surface area (Å²) in [4.78, 5) is 24.5. The van der Waals surface area contributed by atoms with E-state index in [0.29, 0.717) is 12.8 Å². The van der Waals surface area contributed by atoms with E-state index < -0.39 is 33.8 Å². The van der Waals surface area contributed by atoms with Crippen LogP contribution < -0.4 is 5.32 Å². The predicted octanol–water partition coefficient (Wildman–Crippen LogP) is 2.13. The summed E-state index contributed by atoms with van der Waals surface area (Å²) in [5, 5.41) is 2.46. The van der Waals surface area contributed by atoms with Crippen molar-refractivity contribution in [1.82, 2.24) is 8.87 Å². The zero-order valence-corrected chi connectivity index (χ0v) is 16.9. The third kappa shape index (κ3) is 4.18. The Morgan fingerprint density at radius 3 is 2.72 bits per heavy atom. The Morgan fingerprint density at radius 1 is 1.31 bits per heavy atom. The molecule has 1 fully saturated rings. The summed E-state index contributed by atoms with van der Waals surface area (Å²) >= 11 is 0. The maximum absolute atomic E-state index is 13.8. The summed E-state index contributed by atoms with van der Waals surface area (Å²) in [5.41, 5.74) is 0.0861. The third-order valence-electron chi connectivity index (χ3n) is 4.71. The Bertz CT molecular complexity index is 1030. The standard InChI is InChI=1S/C19H22FN3O5S/c1-3-28-19(25)17-11-13(12-22(17)2)29(26,27)23-10-6-9-16(23)18(24)21-15-8-5-4-7-14(15)20/h4-5,7-8,11-12,16H,3,6,9-10H2,1-2H3,(H,21,24)/t16-/m0/s1. The summed E-state index contributed by atoms with van der Waals surface area (Å²) in [7, 11) is -2.50. The molecule has 8 nitrogen and oxygen atoms in total. The molecule has 1 N–H and O–H groups in total. The summed E-state index contributed by atoms with van der Waals surface area (Å²) in [6.07, 6.45) is 2.12. The van der Waals surface area contributed by atoms with Crippen LogP contribution in [-0.4, -0.2) is 48.4 Å². The van der Waals surface area contributed by atoms with Crippen LogP contribution in [0, 0.1) is 5.82 Å². The molecule has 29 heavy (non-hydrogen) atoms. The van der Waals surface area contributed by atoms with Gasteiger partial charge in [0.05, 0.1) is 12.3 Å². The second-order valence-corrected chi connectivity index (χ2v) is 8.53. The first-order chi connectivity index (χ1) is 13.8. The first-order valence-corrected chi connectivity index (χ1v) is 10.6. The number of para-hydroxylation sites is 1. The van der Waals surface area contributed by atoms with Crippen molar-refractivity contribution in [2.75, 3.05) is 18.5 Å². The van der Waals surface area contributed by atoms with Crippen LogP contribution in [0.2, 0.25) is 0 Å². The number of esters is 1. The fourth-order valence-corrected chi connectivity index (χ4v) is 5.02. The number of aryl methyl sites for hydroxylation is 1. The largest absolute Gasteiger partial charge is 0.461 e. The molecule has 0 bridgehead atoms. The van der Waals surface area contributed by atoms with Gasteiger partial charge in [-0.25, -0.2) is 17.6 Å². The van der Waals surface area contributed by atoms with Crippen molar-refractivity contribution in [3.8, 4) is 0 Å². The third-order valence-corrected chi connectivity index (χ3v) is 6.58. The molecule has 1 aliphatic heterocycles. The van der Waals surface area contributed by atoms with Crippen LogP contribution in [0.15, 0.2) is 41.4 Å². The van der Waals surface area contributed by atoms with Crippen molar-refractivity contribution in [3.05, 3.63) is 48.0 Å². The molecule has 0 radical (unpaired) electrons. The van der Waals surface area contributed by atoms with Gasteiger partial charge in [-0.2, -0.15) is 4.31 Å². The molecule has 0 spiro atoms. The van der Waals surface area contributed by atoms with Gasteiger partial charge >= 0.3 is 5.97 Å². The van der Waals surface area contributed by atoms with Gasteiger partial charge in [-0.15, -0.1) is 0 Å². The number of nitrogens with one attached hydrogen (secondary N) is 1. The molecule has 0 saturated carbocycles. The Labute approximate surface area is 168 Å². The molecular weight excluding hydrogens is 401 g/mol. The van der Waals surface area contributed by atoms with E-state index in [9.17, 15) is 22.4 Å². The minimum Gasteiger partial charge on any atom is -0.461 e. The van der Waals surface area contributed by atoms with Crippen LogP contribution in [0.3, 0.4) is 0 Å². The highest BCUT2D eigenvalue weighted by Crippen LogP contribution is 2.28. The molecular formula is C19H22FN3O5S. The topological polar surface area (TPSA) is 97.7 Å². The lowest BCUT2D eigenvalue weighted by atomic mass is 10.2. The van der Waals surface area contributed by atoms with E-state index in [4.69, 9.17) is 4.74 Å². The molecule has 1 saturated heterocycles. The van der Waals surface area contributed by atoms with Crippen LogP contribution in [-0.2, 0) is 26.6 Å². The average molecular weight is 423 g/mol. The van der Waals surface area contributed by atoms with Crippen molar-refractivity contribution in [2.24, 2.45) is 7.05 Å². The van der Waals surface area contributed by atoms with Gasteiger partial charge in [0.25, 0.3) is 0 Å². The summed E-state index contributed by atoms with van der Waals surface area (Å²) in [5.74, 6) is -1.83. The second kappa shape index (κ2) is 8.34. The quantitative estimate of drug-likeness (QED) is 0.718. The average Bonchev–Trinajstić information content (AvgIpc) is 3.31. The maximum Gasteiger partial charge on any atom is 0.354 e. The Morgan fingerprint density at radius 2 is 2.03 bits per heavy atom. The van der Waals surface area contributed by atoms with Crippen LogP contribution in [0.4, 0.5) is 10.1 Å². The van der Waals surface area contributed by atoms with Gasteiger partial charge in [0.1, 0.15) is 22.4 Å². The minimum absolute atomic E-state index is 0.00828. The molecule has 0 aliphatic carbocycles. The monoisotopic (exact) mass is 423 g/mol. The van der Waals surface area contributed by atoms with E-state index >= 15 is 0 Å². The van der Waals surface area contributed by atoms with Gasteiger partial charge in [0.2, 0.25) is 15.9 Å². The van der Waals surface area contributed by atoms with E-state index in [-0.39, 0.29) is 29.4 Å². The van der Waals surface area contributed by atoms with Crippen LogP contribution in [0.1, 0.15) is 30.3 Å². The van der Waals surface area contributed by atoms with Crippen LogP contribution in [0.25, 0.3) is 0 Å². The van der Waals surface area contributed by atoms with Crippen molar-refractivity contribution in [3.63, 3.8) is 0 Å². The fourth-order valence-electron chi connectivity index (χ4n) is 3.29. The highest BCUT2D eigenvalue weighted by molar-refractivity contribution is 7.89. The number of anilines is 1. The molecule has 1 atom stereocenters. The predicted molar refractivity (Wildman–Crippen MR) is 103 cm³/mol. The van der Waals surface area contributed by atoms with Gasteiger partial charge in [-0.3, -0.25) is 4.79 Å². The molecule has 2 heterocycles. The number of nitrogens with zero attached hydrogens (tertiary/aromatic N) is 2. The smallest absolute Gasteiger partial charge is 0.354 e. The molecule has 1 aromatic heterocycles. The zero-order valence-electron chi connectivity index (χ0n) is 16.1. The van der Waals surface area contributed by atoms with Crippen LogP contribution in [0.5, 0.6) is 0 Å². The number of carbonyl (C=O) groups is 2. The maximum atomic E-state index is 13.8. The summed E-state index contributed by atoms with van der Waals surface area (Å²) < 4.78 is 47.5. The summed E-state index contributed by atoms with van der Waals surface area (Å²) in [6, 6.07) is 5.95. The lowest BCUT2D eigenvalue weighted by molar-refractivity contribution is -0.119. The molecule has 156 valence electrons. The second-order valence-electron chi connectivity index (χ2n) is 6.64. The molecule has 3 rings (SSSR count). The number of hydrogen-bond acceptors (Lipinski definition) is 5. The molecule has 2 aromatic rings. The number of amides is 1. The van der Waals surface area contributed by atoms with Gasteiger partial charge in [0.15, 0.2) is 0 Å². The number of carbonyl (C=O) groups excluding carboxylic acids is 2. The Hall–Kier alpha value is -2.72.